The molecule has 0 aliphatic rings. The summed E-state index contributed by atoms with van der Waals surface area (Å²) in [5, 5.41) is 16.4. The highest BCUT2D eigenvalue weighted by atomic mass is 32.1. The summed E-state index contributed by atoms with van der Waals surface area (Å²) in [6, 6.07) is 11.4. The maximum absolute atomic E-state index is 10.2. The standard InChI is InChI=1S/C19H17N3O3S/c1-24-13-6-4-12(5-7-13)14-10-26-19-17(14)18(21-11-22-19)20-9-15(23)16-3-2-8-25-16/h2-8,10-11,15,23H,9H2,1H3,(H,20,21,22)/t15-/m1/s1. The first-order valence-corrected chi connectivity index (χ1v) is 8.96. The number of benzene rings is 1. The number of anilines is 1. The zero-order valence-electron chi connectivity index (χ0n) is 14.0. The maximum atomic E-state index is 10.2. The summed E-state index contributed by atoms with van der Waals surface area (Å²) in [7, 11) is 1.65. The molecule has 1 atom stereocenters. The zero-order chi connectivity index (χ0) is 17.9. The van der Waals surface area contributed by atoms with E-state index in [1.807, 2.05) is 24.3 Å². The number of hydrogen-bond donors (Lipinski definition) is 2. The summed E-state index contributed by atoms with van der Waals surface area (Å²) >= 11 is 1.56. The van der Waals surface area contributed by atoms with Crippen LogP contribution in [0, 0.1) is 0 Å². The van der Waals surface area contributed by atoms with Gasteiger partial charge in [0.25, 0.3) is 0 Å². The monoisotopic (exact) mass is 367 g/mol. The average Bonchev–Trinajstić information content (AvgIpc) is 3.36. The van der Waals surface area contributed by atoms with Crippen LogP contribution < -0.4 is 10.1 Å². The molecular formula is C19H17N3O3S. The van der Waals surface area contributed by atoms with Crippen LogP contribution in [0.4, 0.5) is 5.82 Å². The number of aliphatic hydroxyl groups excluding tert-OH is 1. The summed E-state index contributed by atoms with van der Waals surface area (Å²) in [6.45, 7) is 0.289. The van der Waals surface area contributed by atoms with Crippen molar-refractivity contribution in [2.75, 3.05) is 19.0 Å². The van der Waals surface area contributed by atoms with E-state index in [-0.39, 0.29) is 6.54 Å². The number of aromatic nitrogens is 2. The Balaban J connectivity index is 1.65. The lowest BCUT2D eigenvalue weighted by molar-refractivity contribution is 0.162. The van der Waals surface area contributed by atoms with Gasteiger partial charge in [0.2, 0.25) is 0 Å². The Kier molecular flexibility index (Phi) is 4.55. The third kappa shape index (κ3) is 3.14. The molecule has 4 aromatic rings. The van der Waals surface area contributed by atoms with Crippen LogP contribution >= 0.6 is 11.3 Å². The molecule has 26 heavy (non-hydrogen) atoms. The number of rotatable bonds is 6. The SMILES string of the molecule is COc1ccc(-c2csc3ncnc(NC[C@@H](O)c4ccco4)c23)cc1. The Hall–Kier alpha value is -2.90. The van der Waals surface area contributed by atoms with Crippen LogP contribution in [0.15, 0.2) is 58.8 Å². The summed E-state index contributed by atoms with van der Waals surface area (Å²) < 4.78 is 10.5. The molecule has 0 unspecified atom stereocenters. The van der Waals surface area contributed by atoms with Gasteiger partial charge in [-0.25, -0.2) is 9.97 Å². The number of aliphatic hydroxyl groups is 1. The smallest absolute Gasteiger partial charge is 0.138 e. The molecule has 0 bridgehead atoms. The van der Waals surface area contributed by atoms with Crippen molar-refractivity contribution in [2.24, 2.45) is 0 Å². The molecule has 0 fully saturated rings. The lowest BCUT2D eigenvalue weighted by Crippen LogP contribution is -2.12. The lowest BCUT2D eigenvalue weighted by Gasteiger charge is -2.11. The molecule has 0 aliphatic carbocycles. The van der Waals surface area contributed by atoms with Gasteiger partial charge in [-0.1, -0.05) is 12.1 Å². The van der Waals surface area contributed by atoms with E-state index in [2.05, 4.69) is 20.7 Å². The Morgan fingerprint density at radius 3 is 2.81 bits per heavy atom. The molecule has 4 rings (SSSR count). The van der Waals surface area contributed by atoms with Crippen molar-refractivity contribution < 1.29 is 14.3 Å². The molecule has 0 radical (unpaired) electrons. The minimum atomic E-state index is -0.752. The molecule has 1 aromatic carbocycles. The molecule has 0 amide bonds. The molecule has 3 heterocycles. The number of furan rings is 1. The number of thiophene rings is 1. The molecule has 2 N–H and O–H groups in total. The highest BCUT2D eigenvalue weighted by Crippen LogP contribution is 2.37. The van der Waals surface area contributed by atoms with Crippen molar-refractivity contribution in [1.29, 1.82) is 0 Å². The molecule has 0 spiro atoms. The summed E-state index contributed by atoms with van der Waals surface area (Å²) in [6.07, 6.45) is 2.32. The van der Waals surface area contributed by atoms with Gasteiger partial charge in [0.15, 0.2) is 0 Å². The average molecular weight is 367 g/mol. The van der Waals surface area contributed by atoms with Crippen LogP contribution in [0.5, 0.6) is 5.75 Å². The van der Waals surface area contributed by atoms with Crippen molar-refractivity contribution in [3.05, 3.63) is 60.1 Å². The maximum Gasteiger partial charge on any atom is 0.138 e. The molecule has 0 aliphatic heterocycles. The molecule has 0 saturated heterocycles. The van der Waals surface area contributed by atoms with E-state index in [0.717, 1.165) is 27.1 Å². The third-order valence-corrected chi connectivity index (χ3v) is 4.99. The van der Waals surface area contributed by atoms with E-state index in [1.165, 1.54) is 6.33 Å². The summed E-state index contributed by atoms with van der Waals surface area (Å²) in [4.78, 5) is 9.62. The number of hydrogen-bond acceptors (Lipinski definition) is 7. The number of fused-ring (bicyclic) bond motifs is 1. The fourth-order valence-electron chi connectivity index (χ4n) is 2.77. The van der Waals surface area contributed by atoms with Crippen molar-refractivity contribution >= 4 is 27.4 Å². The first kappa shape index (κ1) is 16.6. The zero-order valence-corrected chi connectivity index (χ0v) is 14.9. The molecule has 0 saturated carbocycles. The van der Waals surface area contributed by atoms with Gasteiger partial charge in [-0.3, -0.25) is 0 Å². The van der Waals surface area contributed by atoms with E-state index in [1.54, 1.807) is 36.8 Å². The van der Waals surface area contributed by atoms with E-state index in [0.29, 0.717) is 11.6 Å². The largest absolute Gasteiger partial charge is 0.497 e. The van der Waals surface area contributed by atoms with Crippen molar-refractivity contribution in [1.82, 2.24) is 9.97 Å². The van der Waals surface area contributed by atoms with Crippen LogP contribution in [-0.2, 0) is 0 Å². The van der Waals surface area contributed by atoms with Crippen molar-refractivity contribution in [3.63, 3.8) is 0 Å². The summed E-state index contributed by atoms with van der Waals surface area (Å²) in [5.41, 5.74) is 2.10. The van der Waals surface area contributed by atoms with E-state index in [4.69, 9.17) is 9.15 Å². The Morgan fingerprint density at radius 1 is 1.23 bits per heavy atom. The third-order valence-electron chi connectivity index (χ3n) is 4.11. The van der Waals surface area contributed by atoms with Gasteiger partial charge in [0.1, 0.15) is 34.6 Å². The molecular weight excluding hydrogens is 350 g/mol. The Bertz CT molecular complexity index is 997. The lowest BCUT2D eigenvalue weighted by atomic mass is 10.1. The fraction of sp³-hybridized carbons (Fsp3) is 0.158. The molecule has 132 valence electrons. The first-order valence-electron chi connectivity index (χ1n) is 8.08. The van der Waals surface area contributed by atoms with Crippen LogP contribution in [0.3, 0.4) is 0 Å². The molecule has 7 heteroatoms. The topological polar surface area (TPSA) is 80.4 Å². The number of nitrogens with one attached hydrogen (secondary N) is 1. The van der Waals surface area contributed by atoms with E-state index < -0.39 is 6.10 Å². The van der Waals surface area contributed by atoms with Crippen molar-refractivity contribution in [3.8, 4) is 16.9 Å². The van der Waals surface area contributed by atoms with Crippen LogP contribution in [-0.4, -0.2) is 28.7 Å². The predicted octanol–water partition coefficient (Wildman–Crippen LogP) is 4.11. The highest BCUT2D eigenvalue weighted by molar-refractivity contribution is 7.17. The minimum Gasteiger partial charge on any atom is -0.497 e. The minimum absolute atomic E-state index is 0.289. The predicted molar refractivity (Wildman–Crippen MR) is 102 cm³/mol. The second-order valence-electron chi connectivity index (χ2n) is 5.69. The second-order valence-corrected chi connectivity index (χ2v) is 6.55. The van der Waals surface area contributed by atoms with Gasteiger partial charge in [0, 0.05) is 17.5 Å². The molecule has 3 aromatic heterocycles. The van der Waals surface area contributed by atoms with Gasteiger partial charge in [0.05, 0.1) is 18.8 Å². The fourth-order valence-corrected chi connectivity index (χ4v) is 3.68. The quantitative estimate of drug-likeness (QED) is 0.534. The first-order chi connectivity index (χ1) is 12.8. The normalized spacial score (nSPS) is 12.2. The Labute approximate surface area is 154 Å². The highest BCUT2D eigenvalue weighted by Gasteiger charge is 2.15. The number of nitrogens with zero attached hydrogens (tertiary/aromatic N) is 2. The van der Waals surface area contributed by atoms with Gasteiger partial charge in [-0.2, -0.15) is 0 Å². The van der Waals surface area contributed by atoms with Gasteiger partial charge in [-0.05, 0) is 29.8 Å². The van der Waals surface area contributed by atoms with Crippen LogP contribution in [0.1, 0.15) is 11.9 Å². The Morgan fingerprint density at radius 2 is 2.08 bits per heavy atom. The number of ether oxygens (including phenoxy) is 1. The number of methoxy groups -OCH3 is 1. The van der Waals surface area contributed by atoms with E-state index in [9.17, 15) is 5.11 Å². The molecule has 6 nitrogen and oxygen atoms in total. The van der Waals surface area contributed by atoms with Crippen LogP contribution in [0.2, 0.25) is 0 Å². The van der Waals surface area contributed by atoms with Gasteiger partial charge < -0.3 is 19.6 Å². The summed E-state index contributed by atoms with van der Waals surface area (Å²) in [5.74, 6) is 2.01. The van der Waals surface area contributed by atoms with E-state index >= 15 is 0 Å². The van der Waals surface area contributed by atoms with Crippen molar-refractivity contribution in [2.45, 2.75) is 6.10 Å². The van der Waals surface area contributed by atoms with Crippen LogP contribution in [0.25, 0.3) is 21.3 Å². The van der Waals surface area contributed by atoms with Gasteiger partial charge in [-0.15, -0.1) is 11.3 Å². The van der Waals surface area contributed by atoms with Gasteiger partial charge >= 0.3 is 0 Å². The second kappa shape index (κ2) is 7.15.